The summed E-state index contributed by atoms with van der Waals surface area (Å²) in [7, 11) is 1.93. The Morgan fingerprint density at radius 2 is 2.31 bits per heavy atom. The molecule has 0 aromatic carbocycles. The summed E-state index contributed by atoms with van der Waals surface area (Å²) in [5.74, 6) is 0. The number of aryl methyl sites for hydroxylation is 1. The van der Waals surface area contributed by atoms with Gasteiger partial charge in [0.1, 0.15) is 0 Å². The molecule has 0 aliphatic carbocycles. The molecule has 0 radical (unpaired) electrons. The lowest BCUT2D eigenvalue weighted by Gasteiger charge is -1.99. The largest absolute Gasteiger partial charge is 0.314 e. The number of aromatic nitrogens is 2. The van der Waals surface area contributed by atoms with Crippen molar-refractivity contribution in [2.45, 2.75) is 13.5 Å². The van der Waals surface area contributed by atoms with Crippen LogP contribution in [0.4, 0.5) is 0 Å². The van der Waals surface area contributed by atoms with E-state index in [4.69, 9.17) is 0 Å². The van der Waals surface area contributed by atoms with Crippen molar-refractivity contribution in [2.24, 2.45) is 0 Å². The van der Waals surface area contributed by atoms with Gasteiger partial charge in [-0.15, -0.1) is 0 Å². The van der Waals surface area contributed by atoms with Crippen molar-refractivity contribution < 1.29 is 0 Å². The van der Waals surface area contributed by atoms with Crippen LogP contribution in [0.15, 0.2) is 24.5 Å². The van der Waals surface area contributed by atoms with E-state index in [1.807, 2.05) is 13.4 Å². The average Bonchev–Trinajstić information content (AvgIpc) is 2.51. The fourth-order valence-electron chi connectivity index (χ4n) is 1.51. The number of imidazole rings is 1. The van der Waals surface area contributed by atoms with Gasteiger partial charge >= 0.3 is 0 Å². The minimum atomic E-state index is 0.819. The van der Waals surface area contributed by atoms with Crippen molar-refractivity contribution in [3.63, 3.8) is 0 Å². The molecule has 2 rings (SSSR count). The average molecular weight is 175 g/mol. The fraction of sp³-hybridized carbons (Fsp3) is 0.300. The van der Waals surface area contributed by atoms with Gasteiger partial charge in [-0.1, -0.05) is 6.07 Å². The molecule has 0 saturated heterocycles. The predicted octanol–water partition coefficient (Wildman–Crippen LogP) is 1.36. The zero-order valence-electron chi connectivity index (χ0n) is 7.91. The lowest BCUT2D eigenvalue weighted by Crippen LogP contribution is -2.05. The maximum absolute atomic E-state index is 4.35. The summed E-state index contributed by atoms with van der Waals surface area (Å²) in [6.45, 7) is 2.90. The maximum Gasteiger partial charge on any atom is 0.0998 e. The van der Waals surface area contributed by atoms with Crippen molar-refractivity contribution in [1.82, 2.24) is 14.7 Å². The Bertz CT molecular complexity index is 417. The van der Waals surface area contributed by atoms with Crippen LogP contribution in [0.5, 0.6) is 0 Å². The van der Waals surface area contributed by atoms with Gasteiger partial charge in [0.05, 0.1) is 17.5 Å². The van der Waals surface area contributed by atoms with Gasteiger partial charge in [-0.2, -0.15) is 0 Å². The van der Waals surface area contributed by atoms with Gasteiger partial charge in [0.2, 0.25) is 0 Å². The van der Waals surface area contributed by atoms with E-state index >= 15 is 0 Å². The first-order valence-electron chi connectivity index (χ1n) is 4.39. The van der Waals surface area contributed by atoms with Crippen LogP contribution in [0.3, 0.4) is 0 Å². The van der Waals surface area contributed by atoms with E-state index in [1.54, 1.807) is 0 Å². The number of fused-ring (bicyclic) bond motifs is 1. The van der Waals surface area contributed by atoms with E-state index in [2.05, 4.69) is 39.8 Å². The first-order chi connectivity index (χ1) is 6.33. The summed E-state index contributed by atoms with van der Waals surface area (Å²) in [6, 6.07) is 6.23. The summed E-state index contributed by atoms with van der Waals surface area (Å²) in [5, 5.41) is 3.11. The van der Waals surface area contributed by atoms with Crippen molar-refractivity contribution in [3.05, 3.63) is 35.9 Å². The first-order valence-corrected chi connectivity index (χ1v) is 4.39. The Morgan fingerprint density at radius 3 is 3.08 bits per heavy atom. The third-order valence-corrected chi connectivity index (χ3v) is 2.20. The molecule has 1 N–H and O–H groups in total. The topological polar surface area (TPSA) is 29.3 Å². The Morgan fingerprint density at radius 1 is 1.46 bits per heavy atom. The highest BCUT2D eigenvalue weighted by molar-refractivity contribution is 5.52. The molecule has 2 aromatic rings. The van der Waals surface area contributed by atoms with Gasteiger partial charge in [0.15, 0.2) is 0 Å². The van der Waals surface area contributed by atoms with Crippen LogP contribution < -0.4 is 5.32 Å². The third-order valence-electron chi connectivity index (χ3n) is 2.20. The Kier molecular flexibility index (Phi) is 2.02. The Labute approximate surface area is 77.4 Å². The number of nitrogens with zero attached hydrogens (tertiary/aromatic N) is 2. The molecule has 3 nitrogen and oxygen atoms in total. The van der Waals surface area contributed by atoms with Crippen LogP contribution in [0.2, 0.25) is 0 Å². The third kappa shape index (κ3) is 1.31. The van der Waals surface area contributed by atoms with Crippen LogP contribution in [-0.2, 0) is 6.54 Å². The molecule has 0 bridgehead atoms. The van der Waals surface area contributed by atoms with Gasteiger partial charge in [-0.3, -0.25) is 0 Å². The molecule has 13 heavy (non-hydrogen) atoms. The van der Waals surface area contributed by atoms with Crippen molar-refractivity contribution in [1.29, 1.82) is 0 Å². The molecule has 3 heteroatoms. The van der Waals surface area contributed by atoms with Gasteiger partial charge in [-0.25, -0.2) is 4.98 Å². The highest BCUT2D eigenvalue weighted by Gasteiger charge is 2.02. The molecule has 68 valence electrons. The monoisotopic (exact) mass is 175 g/mol. The quantitative estimate of drug-likeness (QED) is 0.746. The van der Waals surface area contributed by atoms with Gasteiger partial charge in [0, 0.05) is 12.2 Å². The Balaban J connectivity index is 2.61. The molecule has 0 saturated carbocycles. The number of hydrogen-bond acceptors (Lipinski definition) is 2. The standard InChI is InChI=1S/C10H13N3/c1-8-4-3-5-10-9(6-11-2)12-7-13(8)10/h3-5,7,11H,6H2,1-2H3. The first kappa shape index (κ1) is 8.26. The lowest BCUT2D eigenvalue weighted by molar-refractivity contribution is 0.802. The van der Waals surface area contributed by atoms with Crippen LogP contribution in [0.1, 0.15) is 11.4 Å². The summed E-state index contributed by atoms with van der Waals surface area (Å²) in [4.78, 5) is 4.35. The molecule has 0 amide bonds. The molecule has 0 aliphatic heterocycles. The van der Waals surface area contributed by atoms with Crippen molar-refractivity contribution in [2.75, 3.05) is 7.05 Å². The van der Waals surface area contributed by atoms with Crippen molar-refractivity contribution in [3.8, 4) is 0 Å². The predicted molar refractivity (Wildman–Crippen MR) is 52.7 cm³/mol. The van der Waals surface area contributed by atoms with E-state index in [-0.39, 0.29) is 0 Å². The van der Waals surface area contributed by atoms with E-state index in [1.165, 1.54) is 11.2 Å². The highest BCUT2D eigenvalue weighted by Crippen LogP contribution is 2.11. The lowest BCUT2D eigenvalue weighted by atomic mass is 10.3. The zero-order valence-corrected chi connectivity index (χ0v) is 7.91. The van der Waals surface area contributed by atoms with E-state index < -0.39 is 0 Å². The molecule has 0 aliphatic rings. The van der Waals surface area contributed by atoms with Crippen LogP contribution in [-0.4, -0.2) is 16.4 Å². The second-order valence-corrected chi connectivity index (χ2v) is 3.14. The highest BCUT2D eigenvalue weighted by atomic mass is 15.0. The fourth-order valence-corrected chi connectivity index (χ4v) is 1.51. The number of rotatable bonds is 2. The summed E-state index contributed by atoms with van der Waals surface area (Å²) < 4.78 is 2.10. The second-order valence-electron chi connectivity index (χ2n) is 3.14. The van der Waals surface area contributed by atoms with E-state index in [0.29, 0.717) is 0 Å². The minimum Gasteiger partial charge on any atom is -0.314 e. The number of pyridine rings is 1. The van der Waals surface area contributed by atoms with Crippen molar-refractivity contribution >= 4 is 5.52 Å². The summed E-state index contributed by atoms with van der Waals surface area (Å²) in [5.41, 5.74) is 3.51. The minimum absolute atomic E-state index is 0.819. The zero-order chi connectivity index (χ0) is 9.26. The molecular weight excluding hydrogens is 162 g/mol. The SMILES string of the molecule is CNCc1ncn2c(C)cccc12. The van der Waals surface area contributed by atoms with Gasteiger partial charge < -0.3 is 9.72 Å². The normalized spacial score (nSPS) is 10.9. The van der Waals surface area contributed by atoms with E-state index in [0.717, 1.165) is 12.2 Å². The molecular formula is C10H13N3. The molecule has 0 atom stereocenters. The Hall–Kier alpha value is -1.35. The summed E-state index contributed by atoms with van der Waals surface area (Å²) in [6.07, 6.45) is 1.87. The molecule has 0 unspecified atom stereocenters. The number of hydrogen-bond donors (Lipinski definition) is 1. The van der Waals surface area contributed by atoms with Gasteiger partial charge in [-0.05, 0) is 26.1 Å². The molecule has 0 fully saturated rings. The maximum atomic E-state index is 4.35. The molecule has 0 spiro atoms. The van der Waals surface area contributed by atoms with E-state index in [9.17, 15) is 0 Å². The van der Waals surface area contributed by atoms with Crippen LogP contribution in [0.25, 0.3) is 5.52 Å². The number of nitrogens with one attached hydrogen (secondary N) is 1. The molecule has 2 aromatic heterocycles. The smallest absolute Gasteiger partial charge is 0.0998 e. The second kappa shape index (κ2) is 3.18. The van der Waals surface area contributed by atoms with Crippen LogP contribution in [0, 0.1) is 6.92 Å². The van der Waals surface area contributed by atoms with Gasteiger partial charge in [0.25, 0.3) is 0 Å². The van der Waals surface area contributed by atoms with Crippen LogP contribution >= 0.6 is 0 Å². The summed E-state index contributed by atoms with van der Waals surface area (Å²) >= 11 is 0. The molecule has 2 heterocycles.